The number of anilines is 1. The van der Waals surface area contributed by atoms with E-state index in [1.165, 1.54) is 17.5 Å². The zero-order valence-electron chi connectivity index (χ0n) is 17.7. The number of aryl methyl sites for hydroxylation is 1. The summed E-state index contributed by atoms with van der Waals surface area (Å²) in [5, 5.41) is 4.30. The van der Waals surface area contributed by atoms with Gasteiger partial charge in [0.15, 0.2) is 0 Å². The molecule has 0 atom stereocenters. The molecule has 0 amide bonds. The van der Waals surface area contributed by atoms with Gasteiger partial charge in [-0.05, 0) is 49.4 Å². The van der Waals surface area contributed by atoms with E-state index in [1.54, 1.807) is 6.07 Å². The van der Waals surface area contributed by atoms with Crippen molar-refractivity contribution in [3.63, 3.8) is 0 Å². The van der Waals surface area contributed by atoms with Gasteiger partial charge in [-0.1, -0.05) is 6.07 Å². The van der Waals surface area contributed by atoms with E-state index in [0.29, 0.717) is 13.2 Å². The Labute approximate surface area is 180 Å². The molecule has 3 aromatic rings. The molecule has 0 saturated carbocycles. The molecular formula is C23H27N5O3. The number of aromatic nitrogens is 4. The number of rotatable bonds is 5. The van der Waals surface area contributed by atoms with Crippen LogP contribution in [0.5, 0.6) is 5.75 Å². The van der Waals surface area contributed by atoms with E-state index in [9.17, 15) is 4.79 Å². The molecule has 8 nitrogen and oxygen atoms in total. The molecule has 0 unspecified atom stereocenters. The number of ether oxygens (including phenoxy) is 2. The number of hydrogen-bond donors (Lipinski definition) is 1. The average molecular weight is 422 g/mol. The predicted molar refractivity (Wildman–Crippen MR) is 116 cm³/mol. The number of nitrogens with zero attached hydrogens (tertiary/aromatic N) is 4. The second-order valence-electron chi connectivity index (χ2n) is 8.16. The summed E-state index contributed by atoms with van der Waals surface area (Å²) in [6, 6.07) is 7.93. The topological polar surface area (TPSA) is 85.3 Å². The lowest BCUT2D eigenvalue weighted by Crippen LogP contribution is -2.47. The lowest BCUT2D eigenvalue weighted by atomic mass is 9.79. The Hall–Kier alpha value is -3.13. The van der Waals surface area contributed by atoms with Crippen LogP contribution in [0.4, 0.5) is 5.82 Å². The number of nitrogens with one attached hydrogen (secondary N) is 1. The second kappa shape index (κ2) is 8.19. The van der Waals surface area contributed by atoms with Gasteiger partial charge in [-0.15, -0.1) is 0 Å². The van der Waals surface area contributed by atoms with Crippen molar-refractivity contribution in [2.45, 2.75) is 44.9 Å². The Morgan fingerprint density at radius 1 is 1.26 bits per heavy atom. The number of hydrogen-bond acceptors (Lipinski definition) is 6. The number of benzene rings is 1. The molecule has 4 heterocycles. The van der Waals surface area contributed by atoms with Crippen molar-refractivity contribution in [1.82, 2.24) is 19.7 Å². The number of piperidine rings is 1. The minimum absolute atomic E-state index is 0.126. The van der Waals surface area contributed by atoms with Gasteiger partial charge in [0.1, 0.15) is 18.2 Å². The summed E-state index contributed by atoms with van der Waals surface area (Å²) in [6.07, 6.45) is 7.96. The molecule has 0 radical (unpaired) electrons. The highest BCUT2D eigenvalue weighted by Crippen LogP contribution is 2.43. The highest BCUT2D eigenvalue weighted by Gasteiger charge is 2.41. The molecule has 2 aliphatic rings. The molecule has 0 bridgehead atoms. The first-order valence-corrected chi connectivity index (χ1v) is 10.9. The van der Waals surface area contributed by atoms with E-state index < -0.39 is 0 Å². The van der Waals surface area contributed by atoms with E-state index in [4.69, 9.17) is 9.47 Å². The molecule has 1 saturated heterocycles. The van der Waals surface area contributed by atoms with Gasteiger partial charge >= 0.3 is 0 Å². The number of H-pyrrole nitrogens is 1. The van der Waals surface area contributed by atoms with Crippen molar-refractivity contribution in [3.8, 4) is 5.75 Å². The first-order valence-electron chi connectivity index (χ1n) is 10.9. The van der Waals surface area contributed by atoms with Crippen LogP contribution in [0.15, 0.2) is 47.8 Å². The molecule has 2 aliphatic heterocycles. The minimum Gasteiger partial charge on any atom is -0.489 e. The molecule has 1 aromatic carbocycles. The van der Waals surface area contributed by atoms with Crippen LogP contribution < -0.4 is 15.2 Å². The van der Waals surface area contributed by atoms with Crippen molar-refractivity contribution in [2.75, 3.05) is 24.6 Å². The molecule has 1 spiro atoms. The van der Waals surface area contributed by atoms with Crippen molar-refractivity contribution >= 4 is 5.82 Å². The third-order valence-corrected chi connectivity index (χ3v) is 6.29. The van der Waals surface area contributed by atoms with Gasteiger partial charge in [0.05, 0.1) is 24.7 Å². The zero-order chi connectivity index (χ0) is 21.3. The molecule has 162 valence electrons. The quantitative estimate of drug-likeness (QED) is 0.682. The fraction of sp³-hybridized carbons (Fsp3) is 0.435. The highest BCUT2D eigenvalue weighted by atomic mass is 16.5. The molecule has 1 fully saturated rings. The maximum atomic E-state index is 11.6. The van der Waals surface area contributed by atoms with Gasteiger partial charge in [-0.25, -0.2) is 4.98 Å². The second-order valence-corrected chi connectivity index (χ2v) is 8.16. The van der Waals surface area contributed by atoms with E-state index in [1.807, 2.05) is 23.1 Å². The van der Waals surface area contributed by atoms with Crippen LogP contribution in [0, 0.1) is 0 Å². The molecule has 8 heteroatoms. The Bertz CT molecular complexity index is 1110. The normalized spacial score (nSPS) is 17.5. The summed E-state index contributed by atoms with van der Waals surface area (Å²) in [6.45, 7) is 5.75. The molecule has 1 N–H and O–H groups in total. The summed E-state index contributed by atoms with van der Waals surface area (Å²) in [7, 11) is 0. The highest BCUT2D eigenvalue weighted by molar-refractivity contribution is 5.43. The van der Waals surface area contributed by atoms with Gasteiger partial charge in [0.2, 0.25) is 0 Å². The fourth-order valence-corrected chi connectivity index (χ4v) is 4.61. The lowest BCUT2D eigenvalue weighted by molar-refractivity contribution is -0.0767. The minimum atomic E-state index is -0.272. The Morgan fingerprint density at radius 3 is 2.90 bits per heavy atom. The molecule has 5 rings (SSSR count). The van der Waals surface area contributed by atoms with E-state index in [0.717, 1.165) is 56.0 Å². The monoisotopic (exact) mass is 421 g/mol. The van der Waals surface area contributed by atoms with Crippen molar-refractivity contribution in [2.24, 2.45) is 0 Å². The first kappa shape index (κ1) is 19.8. The van der Waals surface area contributed by atoms with Crippen LogP contribution in [0.3, 0.4) is 0 Å². The van der Waals surface area contributed by atoms with E-state index >= 15 is 0 Å². The standard InChI is InChI=1S/C23H27N5O3/c1-2-28-14-17(13-26-28)15-30-19-3-4-20-18(11-19)5-10-31-23(20)6-8-27(9-7-23)21-12-22(29)25-16-24-21/h3-4,11-14,16H,2,5-10,15H2,1H3,(H,24,25,29). The van der Waals surface area contributed by atoms with Gasteiger partial charge in [0.25, 0.3) is 5.56 Å². The van der Waals surface area contributed by atoms with Gasteiger partial charge in [0, 0.05) is 37.5 Å². The Kier molecular flexibility index (Phi) is 5.23. The van der Waals surface area contributed by atoms with Gasteiger partial charge in [-0.3, -0.25) is 9.48 Å². The summed E-state index contributed by atoms with van der Waals surface area (Å²) in [5.41, 5.74) is 3.24. The van der Waals surface area contributed by atoms with Crippen molar-refractivity contribution in [3.05, 3.63) is 70.0 Å². The van der Waals surface area contributed by atoms with Gasteiger partial charge < -0.3 is 19.4 Å². The zero-order valence-corrected chi connectivity index (χ0v) is 17.7. The third-order valence-electron chi connectivity index (χ3n) is 6.29. The van der Waals surface area contributed by atoms with Crippen molar-refractivity contribution < 1.29 is 9.47 Å². The summed E-state index contributed by atoms with van der Waals surface area (Å²) in [5.74, 6) is 1.61. The molecule has 2 aromatic heterocycles. The maximum Gasteiger partial charge on any atom is 0.252 e. The van der Waals surface area contributed by atoms with Crippen LogP contribution in [-0.4, -0.2) is 39.4 Å². The largest absolute Gasteiger partial charge is 0.489 e. The first-order chi connectivity index (χ1) is 15.1. The van der Waals surface area contributed by atoms with Crippen LogP contribution in [0.2, 0.25) is 0 Å². The van der Waals surface area contributed by atoms with E-state index in [-0.39, 0.29) is 11.2 Å². The van der Waals surface area contributed by atoms with Crippen LogP contribution in [-0.2, 0) is 29.9 Å². The molecule has 0 aliphatic carbocycles. The summed E-state index contributed by atoms with van der Waals surface area (Å²) >= 11 is 0. The third kappa shape index (κ3) is 3.95. The van der Waals surface area contributed by atoms with Gasteiger partial charge in [-0.2, -0.15) is 5.10 Å². The summed E-state index contributed by atoms with van der Waals surface area (Å²) < 4.78 is 14.3. The average Bonchev–Trinajstić information content (AvgIpc) is 3.27. The summed E-state index contributed by atoms with van der Waals surface area (Å²) in [4.78, 5) is 20.7. The van der Waals surface area contributed by atoms with Crippen molar-refractivity contribution in [1.29, 1.82) is 0 Å². The Balaban J connectivity index is 1.29. The smallest absolute Gasteiger partial charge is 0.252 e. The Morgan fingerprint density at radius 2 is 2.13 bits per heavy atom. The van der Waals surface area contributed by atoms with Crippen LogP contribution >= 0.6 is 0 Å². The fourth-order valence-electron chi connectivity index (χ4n) is 4.61. The molecule has 31 heavy (non-hydrogen) atoms. The maximum absolute atomic E-state index is 11.6. The molecular weight excluding hydrogens is 394 g/mol. The van der Waals surface area contributed by atoms with Crippen LogP contribution in [0.25, 0.3) is 0 Å². The number of aromatic amines is 1. The number of fused-ring (bicyclic) bond motifs is 2. The predicted octanol–water partition coefficient (Wildman–Crippen LogP) is 2.63. The lowest BCUT2D eigenvalue weighted by Gasteiger charge is -2.45. The van der Waals surface area contributed by atoms with E-state index in [2.05, 4.69) is 39.0 Å². The SMILES string of the molecule is CCn1cc(COc2ccc3c(c2)CCOC32CCN(c3cc(=O)[nH]cn3)CC2)cn1. The van der Waals surface area contributed by atoms with Crippen LogP contribution in [0.1, 0.15) is 36.5 Å².